The molecule has 1 unspecified atom stereocenters. The Hall–Kier alpha value is -4.50. The predicted octanol–water partition coefficient (Wildman–Crippen LogP) is 6.64. The zero-order valence-corrected chi connectivity index (χ0v) is 19.1. The molecule has 0 heterocycles. The molecule has 1 N–H and O–H groups in total. The number of amides is 1. The number of benzene rings is 4. The first kappa shape index (κ1) is 23.7. The highest BCUT2D eigenvalue weighted by molar-refractivity contribution is 7.99. The Labute approximate surface area is 204 Å². The van der Waals surface area contributed by atoms with Gasteiger partial charge < -0.3 is 5.32 Å². The van der Waals surface area contributed by atoms with Crippen molar-refractivity contribution in [1.82, 2.24) is 0 Å². The van der Waals surface area contributed by atoms with Crippen LogP contribution in [0.2, 0.25) is 0 Å². The second-order valence-corrected chi connectivity index (χ2v) is 8.69. The summed E-state index contributed by atoms with van der Waals surface area (Å²) in [6.07, 6.45) is 0. The summed E-state index contributed by atoms with van der Waals surface area (Å²) in [7, 11) is 0. The van der Waals surface area contributed by atoms with Crippen LogP contribution in [-0.4, -0.2) is 15.8 Å². The maximum Gasteiger partial charge on any atom is 0.269 e. The van der Waals surface area contributed by atoms with Crippen molar-refractivity contribution in [3.63, 3.8) is 0 Å². The fourth-order valence-corrected chi connectivity index (χ4v) is 4.70. The van der Waals surface area contributed by atoms with Crippen LogP contribution >= 0.6 is 11.8 Å². The lowest BCUT2D eigenvalue weighted by molar-refractivity contribution is -0.385. The number of anilines is 1. The van der Waals surface area contributed by atoms with E-state index in [0.717, 1.165) is 10.5 Å². The number of nitrogens with zero attached hydrogens (tertiary/aromatic N) is 2. The van der Waals surface area contributed by atoms with Gasteiger partial charge in [0, 0.05) is 46.0 Å². The number of rotatable bonds is 8. The molecule has 0 aliphatic heterocycles. The summed E-state index contributed by atoms with van der Waals surface area (Å²) in [4.78, 5) is 35.4. The zero-order valence-electron chi connectivity index (χ0n) is 18.2. The second-order valence-electron chi connectivity index (χ2n) is 7.51. The molecule has 0 spiro atoms. The number of nitro benzene ring substituents is 2. The van der Waals surface area contributed by atoms with Crippen molar-refractivity contribution in [3.8, 4) is 0 Å². The SMILES string of the molecule is O=C(Nc1ccc([N+](=O)[O-])cc1C(Sc1ccccc1)c1ccccc1)c1ccc([N+](=O)[O-])cc1. The molecule has 0 radical (unpaired) electrons. The number of hydrogen-bond donors (Lipinski definition) is 1. The number of nitro groups is 2. The van der Waals surface area contributed by atoms with Crippen molar-refractivity contribution in [2.24, 2.45) is 0 Å². The molecule has 4 aromatic rings. The lowest BCUT2D eigenvalue weighted by Gasteiger charge is -2.21. The zero-order chi connectivity index (χ0) is 24.8. The van der Waals surface area contributed by atoms with Gasteiger partial charge >= 0.3 is 0 Å². The van der Waals surface area contributed by atoms with Crippen LogP contribution in [0.25, 0.3) is 0 Å². The Morgan fingerprint density at radius 1 is 0.743 bits per heavy atom. The first-order valence-electron chi connectivity index (χ1n) is 10.5. The summed E-state index contributed by atoms with van der Waals surface area (Å²) in [5.74, 6) is -0.480. The average Bonchev–Trinajstić information content (AvgIpc) is 2.88. The normalized spacial score (nSPS) is 11.4. The predicted molar refractivity (Wildman–Crippen MR) is 135 cm³/mol. The summed E-state index contributed by atoms with van der Waals surface area (Å²) in [5.41, 5.74) is 1.90. The third-order valence-corrected chi connectivity index (χ3v) is 6.52. The summed E-state index contributed by atoms with van der Waals surface area (Å²) >= 11 is 1.51. The average molecular weight is 486 g/mol. The standard InChI is InChI=1S/C26H19N3O5S/c30-26(19-11-13-20(14-12-19)28(31)32)27-24-16-15-21(29(33)34)17-23(24)25(18-7-3-1-4-8-18)35-22-9-5-2-6-10-22/h1-17,25H,(H,27,30). The van der Waals surface area contributed by atoms with Crippen LogP contribution in [0.5, 0.6) is 0 Å². The molecule has 0 saturated heterocycles. The molecule has 0 aromatic heterocycles. The van der Waals surface area contributed by atoms with Gasteiger partial charge in [0.2, 0.25) is 0 Å². The Morgan fingerprint density at radius 2 is 1.31 bits per heavy atom. The van der Waals surface area contributed by atoms with Gasteiger partial charge in [-0.3, -0.25) is 25.0 Å². The van der Waals surface area contributed by atoms with Gasteiger partial charge in [0.1, 0.15) is 0 Å². The van der Waals surface area contributed by atoms with E-state index in [1.165, 1.54) is 54.2 Å². The number of hydrogen-bond acceptors (Lipinski definition) is 6. The van der Waals surface area contributed by atoms with Gasteiger partial charge in [-0.05, 0) is 35.9 Å². The smallest absolute Gasteiger partial charge is 0.269 e. The van der Waals surface area contributed by atoms with Gasteiger partial charge in [-0.15, -0.1) is 11.8 Å². The quantitative estimate of drug-likeness (QED) is 0.170. The molecule has 174 valence electrons. The van der Waals surface area contributed by atoms with E-state index >= 15 is 0 Å². The van der Waals surface area contributed by atoms with Crippen molar-refractivity contribution >= 4 is 34.7 Å². The summed E-state index contributed by atoms with van der Waals surface area (Å²) in [5, 5.41) is 25.0. The van der Waals surface area contributed by atoms with Crippen LogP contribution in [0.4, 0.5) is 17.1 Å². The molecule has 0 aliphatic rings. The van der Waals surface area contributed by atoms with Crippen LogP contribution in [0.1, 0.15) is 26.7 Å². The van der Waals surface area contributed by atoms with Crippen molar-refractivity contribution in [2.75, 3.05) is 5.32 Å². The van der Waals surface area contributed by atoms with Crippen LogP contribution < -0.4 is 5.32 Å². The van der Waals surface area contributed by atoms with Crippen molar-refractivity contribution in [3.05, 3.63) is 140 Å². The Bertz CT molecular complexity index is 1360. The number of carbonyl (C=O) groups excluding carboxylic acids is 1. The van der Waals surface area contributed by atoms with Crippen LogP contribution in [0.3, 0.4) is 0 Å². The summed E-state index contributed by atoms with van der Waals surface area (Å²) in [6.45, 7) is 0. The summed E-state index contributed by atoms with van der Waals surface area (Å²) in [6, 6.07) is 28.7. The molecule has 35 heavy (non-hydrogen) atoms. The van der Waals surface area contributed by atoms with Crippen LogP contribution in [-0.2, 0) is 0 Å². The van der Waals surface area contributed by atoms with Crippen molar-refractivity contribution in [2.45, 2.75) is 10.1 Å². The number of non-ortho nitro benzene ring substituents is 2. The molecular weight excluding hydrogens is 466 g/mol. The van der Waals surface area contributed by atoms with Crippen LogP contribution in [0, 0.1) is 20.2 Å². The number of carbonyl (C=O) groups is 1. The molecule has 4 aromatic carbocycles. The van der Waals surface area contributed by atoms with E-state index in [1.54, 1.807) is 0 Å². The maximum atomic E-state index is 13.0. The highest BCUT2D eigenvalue weighted by Gasteiger charge is 2.23. The highest BCUT2D eigenvalue weighted by Crippen LogP contribution is 2.44. The van der Waals surface area contributed by atoms with E-state index in [1.807, 2.05) is 60.7 Å². The molecule has 9 heteroatoms. The van der Waals surface area contributed by atoms with E-state index in [0.29, 0.717) is 11.3 Å². The van der Waals surface area contributed by atoms with Gasteiger partial charge in [0.25, 0.3) is 17.3 Å². The van der Waals surface area contributed by atoms with Crippen molar-refractivity contribution in [1.29, 1.82) is 0 Å². The molecule has 0 bridgehead atoms. The molecule has 0 aliphatic carbocycles. The molecule has 1 atom stereocenters. The highest BCUT2D eigenvalue weighted by atomic mass is 32.2. The van der Waals surface area contributed by atoms with Gasteiger partial charge in [0.15, 0.2) is 0 Å². The largest absolute Gasteiger partial charge is 0.322 e. The molecule has 1 amide bonds. The third-order valence-electron chi connectivity index (χ3n) is 5.22. The van der Waals surface area contributed by atoms with Crippen molar-refractivity contribution < 1.29 is 14.6 Å². The minimum atomic E-state index is -0.540. The maximum absolute atomic E-state index is 13.0. The molecule has 0 fully saturated rings. The third kappa shape index (κ3) is 5.71. The van der Waals surface area contributed by atoms with E-state index in [9.17, 15) is 25.0 Å². The number of nitrogens with one attached hydrogen (secondary N) is 1. The van der Waals surface area contributed by atoms with Gasteiger partial charge in [-0.2, -0.15) is 0 Å². The van der Waals surface area contributed by atoms with Gasteiger partial charge in [-0.1, -0.05) is 48.5 Å². The monoisotopic (exact) mass is 485 g/mol. The second kappa shape index (κ2) is 10.6. The van der Waals surface area contributed by atoms with Gasteiger partial charge in [0.05, 0.1) is 15.1 Å². The fourth-order valence-electron chi connectivity index (χ4n) is 3.50. The Morgan fingerprint density at radius 3 is 1.91 bits per heavy atom. The molecule has 8 nitrogen and oxygen atoms in total. The van der Waals surface area contributed by atoms with E-state index in [-0.39, 0.29) is 22.2 Å². The summed E-state index contributed by atoms with van der Waals surface area (Å²) < 4.78 is 0. The van der Waals surface area contributed by atoms with Crippen LogP contribution in [0.15, 0.2) is 108 Å². The minimum absolute atomic E-state index is 0.0945. The first-order valence-corrected chi connectivity index (χ1v) is 11.4. The molecular formula is C26H19N3O5S. The number of thioether (sulfide) groups is 1. The molecule has 4 rings (SSSR count). The van der Waals surface area contributed by atoms with E-state index in [4.69, 9.17) is 0 Å². The Balaban J connectivity index is 1.76. The minimum Gasteiger partial charge on any atom is -0.322 e. The van der Waals surface area contributed by atoms with E-state index < -0.39 is 15.8 Å². The van der Waals surface area contributed by atoms with E-state index in [2.05, 4.69) is 5.32 Å². The fraction of sp³-hybridized carbons (Fsp3) is 0.0385. The lowest BCUT2D eigenvalue weighted by Crippen LogP contribution is -2.14. The first-order chi connectivity index (χ1) is 16.9. The topological polar surface area (TPSA) is 115 Å². The lowest BCUT2D eigenvalue weighted by atomic mass is 10.0. The molecule has 0 saturated carbocycles. The Kier molecular flexibility index (Phi) is 7.18. The van der Waals surface area contributed by atoms with Gasteiger partial charge in [-0.25, -0.2) is 0 Å².